The van der Waals surface area contributed by atoms with E-state index in [1.54, 1.807) is 4.68 Å². The van der Waals surface area contributed by atoms with E-state index in [-0.39, 0.29) is 0 Å². The van der Waals surface area contributed by atoms with E-state index in [0.29, 0.717) is 5.13 Å². The zero-order valence-corrected chi connectivity index (χ0v) is 8.80. The summed E-state index contributed by atoms with van der Waals surface area (Å²) in [7, 11) is 1.89. The standard InChI is InChI=1S/C8H11N5S/c1-5-6(3-13(2)12-5)7-4-14-8(10-7)11-9/h3-4H,9H2,1-2H3,(H,10,11). The van der Waals surface area contributed by atoms with Crippen molar-refractivity contribution in [2.45, 2.75) is 6.92 Å². The summed E-state index contributed by atoms with van der Waals surface area (Å²) >= 11 is 1.48. The molecule has 0 radical (unpaired) electrons. The Hall–Kier alpha value is -1.40. The molecule has 0 unspecified atom stereocenters. The van der Waals surface area contributed by atoms with Crippen molar-refractivity contribution in [1.82, 2.24) is 14.8 Å². The Balaban J connectivity index is 2.43. The molecule has 2 aromatic heterocycles. The van der Waals surface area contributed by atoms with Crippen molar-refractivity contribution in [3.05, 3.63) is 17.3 Å². The van der Waals surface area contributed by atoms with Gasteiger partial charge in [0, 0.05) is 24.2 Å². The predicted molar refractivity (Wildman–Crippen MR) is 56.9 cm³/mol. The van der Waals surface area contributed by atoms with Crippen LogP contribution in [0.15, 0.2) is 11.6 Å². The van der Waals surface area contributed by atoms with Crippen molar-refractivity contribution >= 4 is 16.5 Å². The number of nitrogens with one attached hydrogen (secondary N) is 1. The molecule has 0 spiro atoms. The number of hydrazine groups is 1. The van der Waals surface area contributed by atoms with Gasteiger partial charge in [-0.1, -0.05) is 0 Å². The van der Waals surface area contributed by atoms with Crippen molar-refractivity contribution in [3.63, 3.8) is 0 Å². The van der Waals surface area contributed by atoms with Crippen molar-refractivity contribution in [1.29, 1.82) is 0 Å². The van der Waals surface area contributed by atoms with Gasteiger partial charge >= 0.3 is 0 Å². The zero-order valence-electron chi connectivity index (χ0n) is 7.98. The summed E-state index contributed by atoms with van der Waals surface area (Å²) in [6.07, 6.45) is 1.95. The Bertz CT molecular complexity index is 444. The third kappa shape index (κ3) is 1.49. The molecular formula is C8H11N5S. The van der Waals surface area contributed by atoms with E-state index in [0.717, 1.165) is 17.0 Å². The molecule has 0 bridgehead atoms. The molecule has 0 aliphatic carbocycles. The summed E-state index contributed by atoms with van der Waals surface area (Å²) in [6, 6.07) is 0. The predicted octanol–water partition coefficient (Wildman–Crippen LogP) is 1.14. The topological polar surface area (TPSA) is 68.8 Å². The lowest BCUT2D eigenvalue weighted by molar-refractivity contribution is 0.756. The first-order valence-corrected chi connectivity index (χ1v) is 5.01. The van der Waals surface area contributed by atoms with Crippen LogP contribution in [0.25, 0.3) is 11.3 Å². The second-order valence-corrected chi connectivity index (χ2v) is 3.84. The van der Waals surface area contributed by atoms with Crippen LogP contribution >= 0.6 is 11.3 Å². The normalized spacial score (nSPS) is 10.5. The SMILES string of the molecule is Cc1nn(C)cc1-c1csc(NN)n1. The number of rotatable bonds is 2. The highest BCUT2D eigenvalue weighted by molar-refractivity contribution is 7.14. The molecule has 5 nitrogen and oxygen atoms in total. The Morgan fingerprint density at radius 3 is 2.86 bits per heavy atom. The Morgan fingerprint density at radius 1 is 1.57 bits per heavy atom. The number of nitrogens with two attached hydrogens (primary N) is 1. The summed E-state index contributed by atoms with van der Waals surface area (Å²) in [5, 5.41) is 6.92. The first kappa shape index (κ1) is 9.17. The van der Waals surface area contributed by atoms with Crippen LogP contribution in [0, 0.1) is 6.92 Å². The third-order valence-corrected chi connectivity index (χ3v) is 2.69. The maximum atomic E-state index is 5.26. The van der Waals surface area contributed by atoms with Crippen LogP contribution in [-0.2, 0) is 7.05 Å². The highest BCUT2D eigenvalue weighted by atomic mass is 32.1. The average molecular weight is 209 g/mol. The molecule has 3 N–H and O–H groups in total. The van der Waals surface area contributed by atoms with Crippen molar-refractivity contribution in [2.75, 3.05) is 5.43 Å². The smallest absolute Gasteiger partial charge is 0.197 e. The molecule has 0 saturated heterocycles. The van der Waals surface area contributed by atoms with E-state index in [1.165, 1.54) is 11.3 Å². The number of thiazole rings is 1. The van der Waals surface area contributed by atoms with Crippen LogP contribution in [0.1, 0.15) is 5.69 Å². The first-order valence-electron chi connectivity index (χ1n) is 4.13. The second-order valence-electron chi connectivity index (χ2n) is 2.98. The summed E-state index contributed by atoms with van der Waals surface area (Å²) in [4.78, 5) is 4.30. The third-order valence-electron chi connectivity index (χ3n) is 1.92. The van der Waals surface area contributed by atoms with E-state index in [9.17, 15) is 0 Å². The van der Waals surface area contributed by atoms with Gasteiger partial charge in [-0.2, -0.15) is 5.10 Å². The monoisotopic (exact) mass is 209 g/mol. The molecule has 0 amide bonds. The average Bonchev–Trinajstić information content (AvgIpc) is 2.71. The van der Waals surface area contributed by atoms with Crippen molar-refractivity contribution in [2.24, 2.45) is 12.9 Å². The number of anilines is 1. The molecule has 0 atom stereocenters. The van der Waals surface area contributed by atoms with Gasteiger partial charge in [0.15, 0.2) is 5.13 Å². The molecule has 0 fully saturated rings. The molecule has 6 heteroatoms. The van der Waals surface area contributed by atoms with Gasteiger partial charge in [-0.25, -0.2) is 10.8 Å². The lowest BCUT2D eigenvalue weighted by Crippen LogP contribution is -2.05. The van der Waals surface area contributed by atoms with Crippen molar-refractivity contribution in [3.8, 4) is 11.3 Å². The Kier molecular flexibility index (Phi) is 2.22. The number of aromatic nitrogens is 3. The molecule has 0 saturated carbocycles. The van der Waals surface area contributed by atoms with Gasteiger partial charge in [-0.05, 0) is 6.92 Å². The minimum absolute atomic E-state index is 0.711. The lowest BCUT2D eigenvalue weighted by Gasteiger charge is -1.91. The highest BCUT2D eigenvalue weighted by Gasteiger charge is 2.09. The number of hydrogen-bond acceptors (Lipinski definition) is 5. The lowest BCUT2D eigenvalue weighted by atomic mass is 10.2. The van der Waals surface area contributed by atoms with Gasteiger partial charge in [0.2, 0.25) is 0 Å². The van der Waals surface area contributed by atoms with E-state index in [1.807, 2.05) is 25.5 Å². The summed E-state index contributed by atoms with van der Waals surface area (Å²) in [5.74, 6) is 5.26. The number of hydrogen-bond donors (Lipinski definition) is 2. The molecule has 14 heavy (non-hydrogen) atoms. The fourth-order valence-corrected chi connectivity index (χ4v) is 1.94. The Labute approximate surface area is 85.5 Å². The van der Waals surface area contributed by atoms with Gasteiger partial charge in [0.1, 0.15) is 0 Å². The van der Waals surface area contributed by atoms with Crippen molar-refractivity contribution < 1.29 is 0 Å². The summed E-state index contributed by atoms with van der Waals surface area (Å²) in [6.45, 7) is 1.96. The highest BCUT2D eigenvalue weighted by Crippen LogP contribution is 2.25. The summed E-state index contributed by atoms with van der Waals surface area (Å²) in [5.41, 5.74) is 5.45. The maximum Gasteiger partial charge on any atom is 0.197 e. The molecule has 0 aliphatic heterocycles. The first-order chi connectivity index (χ1) is 6.70. The fourth-order valence-electron chi connectivity index (χ4n) is 1.31. The number of nitrogen functional groups attached to an aromatic ring is 1. The molecule has 2 heterocycles. The van der Waals surface area contributed by atoms with Crippen LogP contribution in [0.4, 0.5) is 5.13 Å². The molecular weight excluding hydrogens is 198 g/mol. The largest absolute Gasteiger partial charge is 0.300 e. The van der Waals surface area contributed by atoms with Crippen LogP contribution in [0.2, 0.25) is 0 Å². The van der Waals surface area contributed by atoms with Gasteiger partial charge in [-0.3, -0.25) is 10.1 Å². The molecule has 2 aromatic rings. The second kappa shape index (κ2) is 3.39. The van der Waals surface area contributed by atoms with E-state index in [4.69, 9.17) is 5.84 Å². The van der Waals surface area contributed by atoms with Gasteiger partial charge < -0.3 is 0 Å². The molecule has 2 rings (SSSR count). The summed E-state index contributed by atoms with van der Waals surface area (Å²) < 4.78 is 1.78. The van der Waals surface area contributed by atoms with Gasteiger partial charge in [0.05, 0.1) is 11.4 Å². The van der Waals surface area contributed by atoms with Crippen LogP contribution in [0.3, 0.4) is 0 Å². The number of nitrogens with zero attached hydrogens (tertiary/aromatic N) is 3. The maximum absolute atomic E-state index is 5.26. The molecule has 0 aliphatic rings. The fraction of sp³-hybridized carbons (Fsp3) is 0.250. The van der Waals surface area contributed by atoms with Crippen LogP contribution < -0.4 is 11.3 Å². The number of aryl methyl sites for hydroxylation is 2. The van der Waals surface area contributed by atoms with Crippen LogP contribution in [-0.4, -0.2) is 14.8 Å². The Morgan fingerprint density at radius 2 is 2.36 bits per heavy atom. The van der Waals surface area contributed by atoms with E-state index in [2.05, 4.69) is 15.5 Å². The van der Waals surface area contributed by atoms with E-state index >= 15 is 0 Å². The molecule has 0 aromatic carbocycles. The minimum atomic E-state index is 0.711. The minimum Gasteiger partial charge on any atom is -0.300 e. The zero-order chi connectivity index (χ0) is 10.1. The van der Waals surface area contributed by atoms with Gasteiger partial charge in [-0.15, -0.1) is 11.3 Å². The molecule has 74 valence electrons. The van der Waals surface area contributed by atoms with E-state index < -0.39 is 0 Å². The van der Waals surface area contributed by atoms with Crippen LogP contribution in [0.5, 0.6) is 0 Å². The quantitative estimate of drug-likeness (QED) is 0.575. The van der Waals surface area contributed by atoms with Gasteiger partial charge in [0.25, 0.3) is 0 Å².